The van der Waals surface area contributed by atoms with Crippen LogP contribution in [0.25, 0.3) is 11.3 Å². The number of carbonyl (C=O) groups is 1. The quantitative estimate of drug-likeness (QED) is 0.908. The zero-order chi connectivity index (χ0) is 16.2. The van der Waals surface area contributed by atoms with Crippen LogP contribution in [0.4, 0.5) is 0 Å². The molecule has 1 aromatic carbocycles. The lowest BCUT2D eigenvalue weighted by Gasteiger charge is -2.23. The highest BCUT2D eigenvalue weighted by Crippen LogP contribution is 2.32. The van der Waals surface area contributed by atoms with Gasteiger partial charge in [-0.25, -0.2) is 14.8 Å². The van der Waals surface area contributed by atoms with E-state index in [0.717, 1.165) is 18.4 Å². The van der Waals surface area contributed by atoms with Crippen molar-refractivity contribution >= 4 is 17.6 Å². The normalized spacial score (nSPS) is 15.3. The lowest BCUT2D eigenvalue weighted by Crippen LogP contribution is -2.19. The first-order valence-corrected chi connectivity index (χ1v) is 8.04. The Morgan fingerprint density at radius 3 is 2.70 bits per heavy atom. The van der Waals surface area contributed by atoms with Crippen molar-refractivity contribution in [3.05, 3.63) is 41.3 Å². The van der Waals surface area contributed by atoms with Crippen molar-refractivity contribution in [2.24, 2.45) is 0 Å². The number of hydrogen-bond acceptors (Lipinski definition) is 4. The van der Waals surface area contributed by atoms with E-state index in [4.69, 9.17) is 21.4 Å². The van der Waals surface area contributed by atoms with Gasteiger partial charge in [-0.3, -0.25) is 0 Å². The predicted molar refractivity (Wildman–Crippen MR) is 86.9 cm³/mol. The molecular formula is C17H17ClN2O3. The minimum atomic E-state index is -1.16. The minimum absolute atomic E-state index is 0.227. The molecule has 0 atom stereocenters. The number of benzene rings is 1. The molecule has 5 nitrogen and oxygen atoms in total. The number of nitrogens with zero attached hydrogens (tertiary/aromatic N) is 2. The van der Waals surface area contributed by atoms with Gasteiger partial charge in [0.25, 0.3) is 0 Å². The molecule has 0 bridgehead atoms. The summed E-state index contributed by atoms with van der Waals surface area (Å²) in [5.74, 6) is -0.730. The van der Waals surface area contributed by atoms with Crippen LogP contribution in [-0.4, -0.2) is 27.1 Å². The maximum Gasteiger partial charge on any atom is 0.373 e. The second-order valence-electron chi connectivity index (χ2n) is 5.59. The van der Waals surface area contributed by atoms with Crippen molar-refractivity contribution in [2.75, 3.05) is 0 Å². The molecule has 6 heteroatoms. The van der Waals surface area contributed by atoms with E-state index >= 15 is 0 Å². The van der Waals surface area contributed by atoms with Crippen LogP contribution < -0.4 is 4.74 Å². The Kier molecular flexibility index (Phi) is 4.76. The number of aromatic carboxylic acids is 1. The van der Waals surface area contributed by atoms with Gasteiger partial charge in [0.05, 0.1) is 16.8 Å². The number of carboxylic acids is 1. The van der Waals surface area contributed by atoms with E-state index in [1.54, 1.807) is 12.1 Å². The van der Waals surface area contributed by atoms with Gasteiger partial charge >= 0.3 is 5.97 Å². The number of rotatable bonds is 4. The van der Waals surface area contributed by atoms with Gasteiger partial charge in [0.2, 0.25) is 5.82 Å². The van der Waals surface area contributed by atoms with Crippen molar-refractivity contribution in [3.8, 4) is 17.0 Å². The van der Waals surface area contributed by atoms with E-state index < -0.39 is 5.97 Å². The van der Waals surface area contributed by atoms with Crippen LogP contribution in [0.5, 0.6) is 5.75 Å². The van der Waals surface area contributed by atoms with Crippen molar-refractivity contribution in [1.29, 1.82) is 0 Å². The Morgan fingerprint density at radius 2 is 2.00 bits per heavy atom. The molecule has 23 heavy (non-hydrogen) atoms. The van der Waals surface area contributed by atoms with E-state index in [1.807, 2.05) is 12.1 Å². The SMILES string of the molecule is O=C(O)c1nccc(-c2ccc(OC3CCCCC3)c(Cl)c2)n1. The number of ether oxygens (including phenoxy) is 1. The Morgan fingerprint density at radius 1 is 1.22 bits per heavy atom. The lowest BCUT2D eigenvalue weighted by molar-refractivity contribution is 0.0683. The molecule has 1 saturated carbocycles. The average Bonchev–Trinajstić information content (AvgIpc) is 2.58. The fraction of sp³-hybridized carbons (Fsp3) is 0.353. The molecule has 1 N–H and O–H groups in total. The average molecular weight is 333 g/mol. The number of halogens is 1. The van der Waals surface area contributed by atoms with Gasteiger partial charge in [0.15, 0.2) is 0 Å². The molecule has 0 radical (unpaired) electrons. The molecule has 0 saturated heterocycles. The van der Waals surface area contributed by atoms with Crippen LogP contribution in [-0.2, 0) is 0 Å². The predicted octanol–water partition coefficient (Wildman–Crippen LogP) is 4.21. The summed E-state index contributed by atoms with van der Waals surface area (Å²) in [5, 5.41) is 9.47. The molecule has 3 rings (SSSR count). The second-order valence-corrected chi connectivity index (χ2v) is 6.00. The Bertz CT molecular complexity index is 715. The van der Waals surface area contributed by atoms with Crippen LogP contribution in [0, 0.1) is 0 Å². The topological polar surface area (TPSA) is 72.3 Å². The Hall–Kier alpha value is -2.14. The number of hydrogen-bond donors (Lipinski definition) is 1. The summed E-state index contributed by atoms with van der Waals surface area (Å²) in [4.78, 5) is 18.7. The van der Waals surface area contributed by atoms with E-state index in [-0.39, 0.29) is 11.9 Å². The zero-order valence-corrected chi connectivity index (χ0v) is 13.3. The number of aromatic nitrogens is 2. The van der Waals surface area contributed by atoms with E-state index in [1.165, 1.54) is 25.5 Å². The van der Waals surface area contributed by atoms with Gasteiger partial charge in [-0.05, 0) is 49.9 Å². The smallest absolute Gasteiger partial charge is 0.373 e. The fourth-order valence-corrected chi connectivity index (χ4v) is 2.97. The molecule has 1 aliphatic rings. The van der Waals surface area contributed by atoms with Gasteiger partial charge in [0, 0.05) is 11.8 Å². The maximum atomic E-state index is 11.0. The van der Waals surface area contributed by atoms with Gasteiger partial charge in [-0.15, -0.1) is 0 Å². The summed E-state index contributed by atoms with van der Waals surface area (Å²) < 4.78 is 5.98. The summed E-state index contributed by atoms with van der Waals surface area (Å²) in [5.41, 5.74) is 1.25. The van der Waals surface area contributed by atoms with Gasteiger partial charge in [0.1, 0.15) is 5.75 Å². The molecule has 0 aliphatic heterocycles. The highest BCUT2D eigenvalue weighted by Gasteiger charge is 2.17. The third kappa shape index (κ3) is 3.79. The summed E-state index contributed by atoms with van der Waals surface area (Å²) in [7, 11) is 0. The molecule has 1 aromatic heterocycles. The van der Waals surface area contributed by atoms with Crippen molar-refractivity contribution in [2.45, 2.75) is 38.2 Å². The number of carboxylic acid groups (broad SMARTS) is 1. The highest BCUT2D eigenvalue weighted by molar-refractivity contribution is 6.32. The molecular weight excluding hydrogens is 316 g/mol. The van der Waals surface area contributed by atoms with Gasteiger partial charge < -0.3 is 9.84 Å². The standard InChI is InChI=1S/C17H17ClN2O3/c18-13-10-11(14-8-9-19-16(20-14)17(21)22)6-7-15(13)23-12-4-2-1-3-5-12/h6-10,12H,1-5H2,(H,21,22). The van der Waals surface area contributed by atoms with Crippen LogP contribution in [0.2, 0.25) is 5.02 Å². The zero-order valence-electron chi connectivity index (χ0n) is 12.5. The van der Waals surface area contributed by atoms with Crippen LogP contribution in [0.3, 0.4) is 0 Å². The van der Waals surface area contributed by atoms with E-state index in [2.05, 4.69) is 9.97 Å². The monoisotopic (exact) mass is 332 g/mol. The minimum Gasteiger partial charge on any atom is -0.489 e. The van der Waals surface area contributed by atoms with Crippen molar-refractivity contribution in [1.82, 2.24) is 9.97 Å². The van der Waals surface area contributed by atoms with E-state index in [9.17, 15) is 4.79 Å². The third-order valence-electron chi connectivity index (χ3n) is 3.92. The van der Waals surface area contributed by atoms with Crippen molar-refractivity contribution < 1.29 is 14.6 Å². The van der Waals surface area contributed by atoms with Crippen LogP contribution in [0.15, 0.2) is 30.5 Å². The molecule has 1 fully saturated rings. The summed E-state index contributed by atoms with van der Waals surface area (Å²) in [6.45, 7) is 0. The molecule has 1 aliphatic carbocycles. The molecule has 0 unspecified atom stereocenters. The summed E-state index contributed by atoms with van der Waals surface area (Å²) in [6.07, 6.45) is 7.43. The molecule has 0 spiro atoms. The van der Waals surface area contributed by atoms with Crippen molar-refractivity contribution in [3.63, 3.8) is 0 Å². The third-order valence-corrected chi connectivity index (χ3v) is 4.22. The first-order chi connectivity index (χ1) is 11.1. The van der Waals surface area contributed by atoms with Crippen LogP contribution >= 0.6 is 11.6 Å². The Labute approximate surface area is 139 Å². The highest BCUT2D eigenvalue weighted by atomic mass is 35.5. The molecule has 1 heterocycles. The molecule has 2 aromatic rings. The maximum absolute atomic E-state index is 11.0. The molecule has 0 amide bonds. The first kappa shape index (κ1) is 15.7. The summed E-state index contributed by atoms with van der Waals surface area (Å²) in [6, 6.07) is 7.04. The van der Waals surface area contributed by atoms with Gasteiger partial charge in [-0.1, -0.05) is 18.0 Å². The first-order valence-electron chi connectivity index (χ1n) is 7.66. The van der Waals surface area contributed by atoms with Crippen LogP contribution in [0.1, 0.15) is 42.7 Å². The lowest BCUT2D eigenvalue weighted by atomic mass is 9.98. The second kappa shape index (κ2) is 6.96. The van der Waals surface area contributed by atoms with E-state index in [0.29, 0.717) is 16.5 Å². The largest absolute Gasteiger partial charge is 0.489 e. The van der Waals surface area contributed by atoms with Gasteiger partial charge in [-0.2, -0.15) is 0 Å². The fourth-order valence-electron chi connectivity index (χ4n) is 2.74. The molecule has 120 valence electrons. The summed E-state index contributed by atoms with van der Waals surface area (Å²) >= 11 is 6.32. The Balaban J connectivity index is 1.81.